The molecular weight excluding hydrogens is 425 g/mol. The fourth-order valence-corrected chi connectivity index (χ4v) is 3.96. The van der Waals surface area contributed by atoms with Crippen molar-refractivity contribution in [2.24, 2.45) is 5.10 Å². The molecule has 0 saturated heterocycles. The van der Waals surface area contributed by atoms with E-state index in [4.69, 9.17) is 14.2 Å². The number of hydrogen-bond donors (Lipinski definition) is 1. The Morgan fingerprint density at radius 1 is 1.12 bits per heavy atom. The molecule has 0 spiro atoms. The molecule has 1 unspecified atom stereocenters. The number of halogens is 1. The summed E-state index contributed by atoms with van der Waals surface area (Å²) in [6.07, 6.45) is 3.42. The number of rotatable bonds is 11. The number of nitrogens with zero attached hydrogens (tertiary/aromatic N) is 2. The zero-order chi connectivity index (χ0) is 23.8. The van der Waals surface area contributed by atoms with Gasteiger partial charge in [-0.3, -0.25) is 9.80 Å². The van der Waals surface area contributed by atoms with Gasteiger partial charge in [0.25, 0.3) is 5.91 Å². The van der Waals surface area contributed by atoms with Crippen LogP contribution in [0.2, 0.25) is 0 Å². The summed E-state index contributed by atoms with van der Waals surface area (Å²) in [5, 5.41) is 9.33. The molecule has 1 heterocycles. The molecule has 1 N–H and O–H groups in total. The van der Waals surface area contributed by atoms with Gasteiger partial charge < -0.3 is 19.5 Å². The number of hydrazone groups is 1. The predicted molar refractivity (Wildman–Crippen MR) is 125 cm³/mol. The molecule has 1 aliphatic rings. The van der Waals surface area contributed by atoms with Gasteiger partial charge in [0.2, 0.25) is 5.75 Å². The van der Waals surface area contributed by atoms with Crippen LogP contribution in [-0.2, 0) is 11.3 Å². The van der Waals surface area contributed by atoms with Gasteiger partial charge in [0.15, 0.2) is 11.5 Å². The number of benzene rings is 2. The Bertz CT molecular complexity index is 970. The van der Waals surface area contributed by atoms with Gasteiger partial charge in [0, 0.05) is 25.1 Å². The van der Waals surface area contributed by atoms with Crippen LogP contribution in [0.5, 0.6) is 17.2 Å². The van der Waals surface area contributed by atoms with Gasteiger partial charge in [-0.05, 0) is 30.2 Å². The number of amides is 1. The highest BCUT2D eigenvalue weighted by atomic mass is 19.1. The van der Waals surface area contributed by atoms with Crippen LogP contribution in [0.15, 0.2) is 41.5 Å². The second-order valence-electron chi connectivity index (χ2n) is 7.87. The smallest absolute Gasteiger partial charge is 0.267 e. The van der Waals surface area contributed by atoms with Crippen molar-refractivity contribution < 1.29 is 23.4 Å². The first kappa shape index (κ1) is 24.4. The van der Waals surface area contributed by atoms with Crippen molar-refractivity contribution in [3.63, 3.8) is 0 Å². The lowest BCUT2D eigenvalue weighted by atomic mass is 10.0. The van der Waals surface area contributed by atoms with Gasteiger partial charge >= 0.3 is 0 Å². The van der Waals surface area contributed by atoms with Gasteiger partial charge in [-0.2, -0.15) is 5.10 Å². The van der Waals surface area contributed by atoms with Crippen LogP contribution in [0, 0.1) is 5.82 Å². The average molecular weight is 458 g/mol. The van der Waals surface area contributed by atoms with E-state index in [-0.39, 0.29) is 24.3 Å². The minimum Gasteiger partial charge on any atom is -0.493 e. The molecule has 2 aromatic carbocycles. The van der Waals surface area contributed by atoms with E-state index >= 15 is 0 Å². The van der Waals surface area contributed by atoms with E-state index in [1.807, 2.05) is 11.1 Å². The van der Waals surface area contributed by atoms with E-state index in [9.17, 15) is 9.18 Å². The summed E-state index contributed by atoms with van der Waals surface area (Å²) in [4.78, 5) is 12.9. The summed E-state index contributed by atoms with van der Waals surface area (Å²) < 4.78 is 30.6. The third-order valence-corrected chi connectivity index (χ3v) is 5.69. The van der Waals surface area contributed by atoms with E-state index in [1.54, 1.807) is 38.5 Å². The Labute approximate surface area is 194 Å². The van der Waals surface area contributed by atoms with E-state index in [1.165, 1.54) is 13.2 Å². The first-order valence-corrected chi connectivity index (χ1v) is 11.2. The summed E-state index contributed by atoms with van der Waals surface area (Å²) in [6, 6.07) is 9.98. The third kappa shape index (κ3) is 5.74. The SMILES string of the molecule is CCCCCN1N=C(C(=O)NCc2cc(OC)c(OC)c(OC)c2)CC1c1ccccc1F. The van der Waals surface area contributed by atoms with Crippen LogP contribution in [0.3, 0.4) is 0 Å². The molecule has 3 rings (SSSR count). The van der Waals surface area contributed by atoms with Crippen molar-refractivity contribution in [3.8, 4) is 17.2 Å². The summed E-state index contributed by atoms with van der Waals surface area (Å²) in [7, 11) is 4.63. The number of unbranched alkanes of at least 4 members (excludes halogenated alkanes) is 2. The molecule has 33 heavy (non-hydrogen) atoms. The van der Waals surface area contributed by atoms with Gasteiger partial charge in [-0.15, -0.1) is 0 Å². The Morgan fingerprint density at radius 2 is 1.82 bits per heavy atom. The highest BCUT2D eigenvalue weighted by Crippen LogP contribution is 2.38. The molecule has 0 bridgehead atoms. The third-order valence-electron chi connectivity index (χ3n) is 5.69. The maximum atomic E-state index is 14.5. The maximum Gasteiger partial charge on any atom is 0.267 e. The molecule has 0 fully saturated rings. The van der Waals surface area contributed by atoms with E-state index in [0.29, 0.717) is 41.5 Å². The summed E-state index contributed by atoms with van der Waals surface area (Å²) in [5.74, 6) is 0.966. The molecule has 1 aliphatic heterocycles. The maximum absolute atomic E-state index is 14.5. The van der Waals surface area contributed by atoms with Crippen LogP contribution in [0.4, 0.5) is 4.39 Å². The Hall–Kier alpha value is -3.29. The minimum atomic E-state index is -0.287. The molecule has 178 valence electrons. The lowest BCUT2D eigenvalue weighted by molar-refractivity contribution is -0.115. The molecule has 7 nitrogen and oxygen atoms in total. The number of carbonyl (C=O) groups is 1. The number of ether oxygens (including phenoxy) is 3. The monoisotopic (exact) mass is 457 g/mol. The van der Waals surface area contributed by atoms with Gasteiger partial charge in [0.1, 0.15) is 11.5 Å². The molecular formula is C25H32FN3O4. The van der Waals surface area contributed by atoms with Gasteiger partial charge in [0.05, 0.1) is 27.4 Å². The highest BCUT2D eigenvalue weighted by molar-refractivity contribution is 6.39. The van der Waals surface area contributed by atoms with E-state index in [2.05, 4.69) is 17.3 Å². The van der Waals surface area contributed by atoms with Crippen LogP contribution >= 0.6 is 0 Å². The summed E-state index contributed by atoms with van der Waals surface area (Å²) in [5.41, 5.74) is 1.75. The zero-order valence-corrected chi connectivity index (χ0v) is 19.7. The minimum absolute atomic E-state index is 0.259. The molecule has 0 aromatic heterocycles. The van der Waals surface area contributed by atoms with Gasteiger partial charge in [-0.1, -0.05) is 38.0 Å². The number of nitrogens with one attached hydrogen (secondary N) is 1. The largest absolute Gasteiger partial charge is 0.493 e. The number of methoxy groups -OCH3 is 3. The van der Waals surface area contributed by atoms with Crippen LogP contribution < -0.4 is 19.5 Å². The predicted octanol–water partition coefficient (Wildman–Crippen LogP) is 4.46. The first-order chi connectivity index (χ1) is 16.0. The Balaban J connectivity index is 1.73. The van der Waals surface area contributed by atoms with E-state index in [0.717, 1.165) is 24.8 Å². The molecule has 1 atom stereocenters. The molecule has 0 radical (unpaired) electrons. The summed E-state index contributed by atoms with van der Waals surface area (Å²) in [6.45, 7) is 3.06. The number of carbonyl (C=O) groups excluding carboxylic acids is 1. The van der Waals surface area contributed by atoms with Crippen molar-refractivity contribution in [2.45, 2.75) is 45.2 Å². The molecule has 8 heteroatoms. The second-order valence-corrected chi connectivity index (χ2v) is 7.87. The Morgan fingerprint density at radius 3 is 2.42 bits per heavy atom. The summed E-state index contributed by atoms with van der Waals surface area (Å²) >= 11 is 0. The first-order valence-electron chi connectivity index (χ1n) is 11.2. The van der Waals surface area contributed by atoms with Crippen molar-refractivity contribution in [3.05, 3.63) is 53.3 Å². The van der Waals surface area contributed by atoms with E-state index < -0.39 is 0 Å². The normalized spacial score (nSPS) is 15.2. The molecule has 2 aromatic rings. The fraction of sp³-hybridized carbons (Fsp3) is 0.440. The van der Waals surface area contributed by atoms with Crippen LogP contribution in [0.25, 0.3) is 0 Å². The van der Waals surface area contributed by atoms with Crippen molar-refractivity contribution in [1.82, 2.24) is 10.3 Å². The van der Waals surface area contributed by atoms with Crippen LogP contribution in [0.1, 0.15) is 49.8 Å². The Kier molecular flexibility index (Phi) is 8.52. The highest BCUT2D eigenvalue weighted by Gasteiger charge is 2.32. The topological polar surface area (TPSA) is 72.4 Å². The quantitative estimate of drug-likeness (QED) is 0.505. The zero-order valence-electron chi connectivity index (χ0n) is 19.7. The van der Waals surface area contributed by atoms with Crippen molar-refractivity contribution in [1.29, 1.82) is 0 Å². The van der Waals surface area contributed by atoms with Crippen LogP contribution in [-0.4, -0.2) is 44.5 Å². The molecule has 1 amide bonds. The van der Waals surface area contributed by atoms with Crippen molar-refractivity contribution >= 4 is 11.6 Å². The number of hydrogen-bond acceptors (Lipinski definition) is 6. The fourth-order valence-electron chi connectivity index (χ4n) is 3.96. The average Bonchev–Trinajstić information content (AvgIpc) is 3.26. The molecule has 0 aliphatic carbocycles. The second kappa shape index (κ2) is 11.5. The molecule has 0 saturated carbocycles. The van der Waals surface area contributed by atoms with Gasteiger partial charge in [-0.25, -0.2) is 4.39 Å². The lowest BCUT2D eigenvalue weighted by Crippen LogP contribution is -2.30. The standard InChI is InChI=1S/C25H32FN3O4/c1-5-6-9-12-29-21(18-10-7-8-11-19(18)26)15-20(28-29)25(30)27-16-17-13-22(31-2)24(33-4)23(14-17)32-3/h7-8,10-11,13-14,21H,5-6,9,12,15-16H2,1-4H3,(H,27,30). The van der Waals surface area contributed by atoms with Crippen molar-refractivity contribution in [2.75, 3.05) is 27.9 Å². The lowest BCUT2D eigenvalue weighted by Gasteiger charge is -2.24.